The Labute approximate surface area is 76.4 Å². The largest absolute Gasteiger partial charge is 0.504 e. The van der Waals surface area contributed by atoms with Crippen molar-refractivity contribution < 1.29 is 14.7 Å². The average molecular weight is 180 g/mol. The van der Waals surface area contributed by atoms with Crippen LogP contribution in [0, 0.1) is 11.8 Å². The zero-order chi connectivity index (χ0) is 9.42. The van der Waals surface area contributed by atoms with Crippen molar-refractivity contribution in [1.29, 1.82) is 0 Å². The van der Waals surface area contributed by atoms with E-state index in [4.69, 9.17) is 0 Å². The SMILES string of the molecule is O=C1C=C(O)C(=O)C2CCCCC12. The minimum Gasteiger partial charge on any atom is -0.504 e. The molecular weight excluding hydrogens is 168 g/mol. The molecule has 13 heavy (non-hydrogen) atoms. The van der Waals surface area contributed by atoms with E-state index in [-0.39, 0.29) is 29.2 Å². The lowest BCUT2D eigenvalue weighted by Gasteiger charge is -2.30. The van der Waals surface area contributed by atoms with Gasteiger partial charge in [0.1, 0.15) is 0 Å². The molecule has 0 radical (unpaired) electrons. The van der Waals surface area contributed by atoms with E-state index >= 15 is 0 Å². The van der Waals surface area contributed by atoms with Gasteiger partial charge in [-0.25, -0.2) is 0 Å². The second-order valence-electron chi connectivity index (χ2n) is 3.79. The minimum atomic E-state index is -0.340. The normalized spacial score (nSPS) is 34.0. The third-order valence-electron chi connectivity index (χ3n) is 3.00. The summed E-state index contributed by atoms with van der Waals surface area (Å²) in [6, 6.07) is 0. The number of fused-ring (bicyclic) bond motifs is 1. The van der Waals surface area contributed by atoms with Crippen molar-refractivity contribution in [2.45, 2.75) is 25.7 Å². The third-order valence-corrected chi connectivity index (χ3v) is 3.00. The molecule has 2 rings (SSSR count). The van der Waals surface area contributed by atoms with Gasteiger partial charge in [0.15, 0.2) is 11.5 Å². The molecule has 0 aromatic heterocycles. The molecule has 0 bridgehead atoms. The summed E-state index contributed by atoms with van der Waals surface area (Å²) in [6.45, 7) is 0. The fourth-order valence-corrected chi connectivity index (χ4v) is 2.29. The smallest absolute Gasteiger partial charge is 0.201 e. The fraction of sp³-hybridized carbons (Fsp3) is 0.600. The van der Waals surface area contributed by atoms with Gasteiger partial charge in [-0.3, -0.25) is 9.59 Å². The molecule has 3 nitrogen and oxygen atoms in total. The maximum Gasteiger partial charge on any atom is 0.201 e. The first kappa shape index (κ1) is 8.48. The number of rotatable bonds is 0. The third kappa shape index (κ3) is 1.28. The Balaban J connectivity index is 2.32. The summed E-state index contributed by atoms with van der Waals surface area (Å²) in [5.74, 6) is -1.01. The van der Waals surface area contributed by atoms with Crippen molar-refractivity contribution in [2.24, 2.45) is 11.8 Å². The predicted molar refractivity (Wildman–Crippen MR) is 46.2 cm³/mol. The van der Waals surface area contributed by atoms with Crippen LogP contribution in [0.15, 0.2) is 11.8 Å². The highest BCUT2D eigenvalue weighted by Crippen LogP contribution is 2.35. The number of Topliss-reactive ketones (excluding diaryl/α,β-unsaturated/α-hetero) is 1. The van der Waals surface area contributed by atoms with Crippen LogP contribution in [-0.4, -0.2) is 16.7 Å². The highest BCUT2D eigenvalue weighted by atomic mass is 16.3. The summed E-state index contributed by atoms with van der Waals surface area (Å²) < 4.78 is 0. The van der Waals surface area contributed by atoms with E-state index in [0.717, 1.165) is 31.8 Å². The highest BCUT2D eigenvalue weighted by Gasteiger charge is 2.39. The van der Waals surface area contributed by atoms with Crippen molar-refractivity contribution in [3.8, 4) is 0 Å². The number of hydrogen-bond acceptors (Lipinski definition) is 3. The molecule has 2 aliphatic rings. The Bertz CT molecular complexity index is 291. The molecule has 2 unspecified atom stereocenters. The van der Waals surface area contributed by atoms with Crippen LogP contribution in [0.5, 0.6) is 0 Å². The van der Waals surface area contributed by atoms with Gasteiger partial charge in [-0.15, -0.1) is 0 Å². The summed E-state index contributed by atoms with van der Waals surface area (Å²) in [5.41, 5.74) is 0. The van der Waals surface area contributed by atoms with E-state index < -0.39 is 0 Å². The van der Waals surface area contributed by atoms with Gasteiger partial charge in [-0.1, -0.05) is 12.8 Å². The van der Waals surface area contributed by atoms with Crippen molar-refractivity contribution >= 4 is 11.6 Å². The first-order valence-electron chi connectivity index (χ1n) is 4.69. The van der Waals surface area contributed by atoms with E-state index in [0.29, 0.717) is 0 Å². The number of ketones is 2. The summed E-state index contributed by atoms with van der Waals surface area (Å²) in [6.07, 6.45) is 4.67. The van der Waals surface area contributed by atoms with E-state index in [9.17, 15) is 14.7 Å². The molecule has 0 aromatic carbocycles. The van der Waals surface area contributed by atoms with Gasteiger partial charge in [0.05, 0.1) is 0 Å². The number of hydrogen-bond donors (Lipinski definition) is 1. The lowest BCUT2D eigenvalue weighted by molar-refractivity contribution is -0.133. The van der Waals surface area contributed by atoms with Gasteiger partial charge in [0.25, 0.3) is 0 Å². The lowest BCUT2D eigenvalue weighted by atomic mass is 9.71. The maximum atomic E-state index is 11.4. The molecule has 3 heteroatoms. The van der Waals surface area contributed by atoms with E-state index in [1.807, 2.05) is 0 Å². The van der Waals surface area contributed by atoms with Gasteiger partial charge in [0, 0.05) is 17.9 Å². The number of carbonyl (C=O) groups excluding carboxylic acids is 2. The molecule has 0 spiro atoms. The second kappa shape index (κ2) is 2.98. The zero-order valence-corrected chi connectivity index (χ0v) is 7.32. The van der Waals surface area contributed by atoms with Crippen LogP contribution in [0.4, 0.5) is 0 Å². The first-order chi connectivity index (χ1) is 6.20. The Morgan fingerprint density at radius 1 is 1.15 bits per heavy atom. The van der Waals surface area contributed by atoms with Crippen molar-refractivity contribution in [2.75, 3.05) is 0 Å². The number of aliphatic hydroxyl groups is 1. The van der Waals surface area contributed by atoms with Crippen LogP contribution in [0.25, 0.3) is 0 Å². The van der Waals surface area contributed by atoms with Crippen LogP contribution in [0.2, 0.25) is 0 Å². The first-order valence-corrected chi connectivity index (χ1v) is 4.69. The van der Waals surface area contributed by atoms with Gasteiger partial charge in [0.2, 0.25) is 5.78 Å². The summed E-state index contributed by atoms with van der Waals surface area (Å²) in [7, 11) is 0. The number of carbonyl (C=O) groups is 2. The van der Waals surface area contributed by atoms with Crippen LogP contribution >= 0.6 is 0 Å². The second-order valence-corrected chi connectivity index (χ2v) is 3.79. The van der Waals surface area contributed by atoms with E-state index in [2.05, 4.69) is 0 Å². The monoisotopic (exact) mass is 180 g/mol. The van der Waals surface area contributed by atoms with Crippen LogP contribution in [0.3, 0.4) is 0 Å². The summed E-state index contributed by atoms with van der Waals surface area (Å²) in [5, 5.41) is 9.18. The van der Waals surface area contributed by atoms with E-state index in [1.54, 1.807) is 0 Å². The van der Waals surface area contributed by atoms with Gasteiger partial charge < -0.3 is 5.11 Å². The molecule has 2 atom stereocenters. The zero-order valence-electron chi connectivity index (χ0n) is 7.32. The molecule has 0 saturated heterocycles. The highest BCUT2D eigenvalue weighted by molar-refractivity contribution is 6.09. The van der Waals surface area contributed by atoms with Crippen molar-refractivity contribution in [3.63, 3.8) is 0 Å². The minimum absolute atomic E-state index is 0.0678. The molecule has 0 aromatic rings. The predicted octanol–water partition coefficient (Wildman–Crippen LogP) is 1.39. The molecule has 0 aliphatic heterocycles. The van der Waals surface area contributed by atoms with E-state index in [1.165, 1.54) is 0 Å². The number of allylic oxidation sites excluding steroid dienone is 2. The van der Waals surface area contributed by atoms with Gasteiger partial charge in [-0.2, -0.15) is 0 Å². The molecule has 1 saturated carbocycles. The summed E-state index contributed by atoms with van der Waals surface area (Å²) in [4.78, 5) is 22.8. The maximum absolute atomic E-state index is 11.4. The summed E-state index contributed by atoms with van der Waals surface area (Å²) >= 11 is 0. The Hall–Kier alpha value is -1.12. The lowest BCUT2D eigenvalue weighted by Crippen LogP contribution is -2.36. The quantitative estimate of drug-likeness (QED) is 0.612. The van der Waals surface area contributed by atoms with Crippen LogP contribution in [0.1, 0.15) is 25.7 Å². The molecule has 2 aliphatic carbocycles. The average Bonchev–Trinajstić information content (AvgIpc) is 2.15. The molecule has 0 amide bonds. The standard InChI is InChI=1S/C10H12O3/c11-8-5-9(12)10(13)7-4-2-1-3-6(7)8/h5-7,12H,1-4H2. The van der Waals surface area contributed by atoms with Gasteiger partial charge in [-0.05, 0) is 12.8 Å². The molecule has 70 valence electrons. The van der Waals surface area contributed by atoms with Gasteiger partial charge >= 0.3 is 0 Å². The molecule has 1 N–H and O–H groups in total. The van der Waals surface area contributed by atoms with Crippen LogP contribution < -0.4 is 0 Å². The Kier molecular flexibility index (Phi) is 1.94. The Morgan fingerprint density at radius 2 is 1.77 bits per heavy atom. The van der Waals surface area contributed by atoms with Crippen molar-refractivity contribution in [1.82, 2.24) is 0 Å². The topological polar surface area (TPSA) is 54.4 Å². The number of aliphatic hydroxyl groups excluding tert-OH is 1. The van der Waals surface area contributed by atoms with Crippen LogP contribution in [-0.2, 0) is 9.59 Å². The molecular formula is C10H12O3. The molecule has 1 fully saturated rings. The van der Waals surface area contributed by atoms with Crippen molar-refractivity contribution in [3.05, 3.63) is 11.8 Å². The fourth-order valence-electron chi connectivity index (χ4n) is 2.29. The molecule has 0 heterocycles. The Morgan fingerprint density at radius 3 is 2.46 bits per heavy atom.